The number of carbonyl (C=O) groups is 2. The van der Waals surface area contributed by atoms with Crippen LogP contribution in [-0.4, -0.2) is 29.2 Å². The van der Waals surface area contributed by atoms with Crippen molar-refractivity contribution in [2.24, 2.45) is 0 Å². The van der Waals surface area contributed by atoms with Crippen molar-refractivity contribution in [3.05, 3.63) is 64.0 Å². The van der Waals surface area contributed by atoms with Crippen LogP contribution in [0.25, 0.3) is 11.3 Å². The minimum atomic E-state index is -0.364. The minimum absolute atomic E-state index is 0.169. The van der Waals surface area contributed by atoms with Gasteiger partial charge >= 0.3 is 5.97 Å². The number of amides is 1. The van der Waals surface area contributed by atoms with Gasteiger partial charge in [0.25, 0.3) is 0 Å². The first-order valence-corrected chi connectivity index (χ1v) is 13.6. The Labute approximate surface area is 213 Å². The number of thiophene rings is 1. The number of hydrogen-bond acceptors (Lipinski definition) is 7. The lowest BCUT2D eigenvalue weighted by Crippen LogP contribution is -2.15. The van der Waals surface area contributed by atoms with E-state index in [2.05, 4.69) is 16.4 Å². The van der Waals surface area contributed by atoms with E-state index in [0.717, 1.165) is 48.9 Å². The molecule has 1 N–H and O–H groups in total. The molecule has 180 valence electrons. The van der Waals surface area contributed by atoms with E-state index in [1.165, 1.54) is 28.0 Å². The number of aromatic nitrogens is 1. The van der Waals surface area contributed by atoms with Crippen LogP contribution < -0.4 is 5.32 Å². The first kappa shape index (κ1) is 25.0. The number of nitriles is 1. The number of fused-ring (bicyclic) bond motifs is 1. The van der Waals surface area contributed by atoms with Crippen molar-refractivity contribution in [3.63, 3.8) is 0 Å². The normalized spacial score (nSPS) is 12.8. The number of thioether (sulfide) groups is 1. The lowest BCUT2D eigenvalue weighted by molar-refractivity contribution is -0.115. The quantitative estimate of drug-likeness (QED) is 0.221. The van der Waals surface area contributed by atoms with E-state index in [1.54, 1.807) is 13.0 Å². The Balaban J connectivity index is 1.44. The largest absolute Gasteiger partial charge is 0.462 e. The van der Waals surface area contributed by atoms with Crippen molar-refractivity contribution in [2.75, 3.05) is 17.7 Å². The van der Waals surface area contributed by atoms with Gasteiger partial charge in [-0.2, -0.15) is 5.26 Å². The Morgan fingerprint density at radius 3 is 2.71 bits per heavy atom. The summed E-state index contributed by atoms with van der Waals surface area (Å²) in [6.07, 6.45) is 5.28. The fraction of sp³-hybridized carbons (Fsp3) is 0.333. The first-order valence-electron chi connectivity index (χ1n) is 11.8. The lowest BCUT2D eigenvalue weighted by Gasteiger charge is -2.09. The Bertz CT molecular complexity index is 1250. The van der Waals surface area contributed by atoms with Gasteiger partial charge in [-0.1, -0.05) is 36.8 Å². The fourth-order valence-electron chi connectivity index (χ4n) is 4.08. The van der Waals surface area contributed by atoms with E-state index in [-0.39, 0.29) is 18.3 Å². The second-order valence-electron chi connectivity index (χ2n) is 8.16. The molecular formula is C27H27N3O3S2. The molecule has 6 nitrogen and oxygen atoms in total. The van der Waals surface area contributed by atoms with E-state index < -0.39 is 0 Å². The molecule has 0 fully saturated rings. The summed E-state index contributed by atoms with van der Waals surface area (Å²) in [7, 11) is 0. The molecule has 2 aromatic heterocycles. The van der Waals surface area contributed by atoms with Crippen molar-refractivity contribution in [2.45, 2.75) is 50.5 Å². The van der Waals surface area contributed by atoms with Crippen LogP contribution in [0.3, 0.4) is 0 Å². The number of benzene rings is 1. The van der Waals surface area contributed by atoms with Crippen LogP contribution in [0.1, 0.15) is 59.0 Å². The van der Waals surface area contributed by atoms with Gasteiger partial charge in [0, 0.05) is 22.6 Å². The van der Waals surface area contributed by atoms with Gasteiger partial charge in [0.1, 0.15) is 16.1 Å². The van der Waals surface area contributed by atoms with E-state index >= 15 is 0 Å². The Kier molecular flexibility index (Phi) is 8.56. The standard InChI is InChI=1S/C27H27N3O3S2/c1-2-33-27(32)24-20-11-7-4-8-12-22(20)35-26(24)30-23(31)15-16-34-25-19(17-28)13-14-21(29-25)18-9-5-3-6-10-18/h3,5-6,9-10,13-14H,2,4,7-8,11-12,15-16H2,1H3,(H,30,31). The maximum Gasteiger partial charge on any atom is 0.341 e. The van der Waals surface area contributed by atoms with Crippen LogP contribution in [0.5, 0.6) is 0 Å². The maximum absolute atomic E-state index is 12.8. The topological polar surface area (TPSA) is 92.1 Å². The highest BCUT2D eigenvalue weighted by Gasteiger charge is 2.26. The number of pyridine rings is 1. The highest BCUT2D eigenvalue weighted by Crippen LogP contribution is 2.38. The van der Waals surface area contributed by atoms with Crippen LogP contribution in [-0.2, 0) is 22.4 Å². The van der Waals surface area contributed by atoms with Gasteiger partial charge in [0.05, 0.1) is 23.4 Å². The number of anilines is 1. The third-order valence-corrected chi connectivity index (χ3v) is 7.97. The summed E-state index contributed by atoms with van der Waals surface area (Å²) in [5.74, 6) is -0.0691. The molecule has 4 rings (SSSR count). The maximum atomic E-state index is 12.8. The van der Waals surface area contributed by atoms with Gasteiger partial charge in [-0.05, 0) is 50.3 Å². The molecule has 0 aliphatic heterocycles. The van der Waals surface area contributed by atoms with Crippen LogP contribution >= 0.6 is 23.1 Å². The third-order valence-electron chi connectivity index (χ3n) is 5.77. The fourth-order valence-corrected chi connectivity index (χ4v) is 6.29. The average molecular weight is 506 g/mol. The molecule has 1 amide bonds. The zero-order chi connectivity index (χ0) is 24.6. The summed E-state index contributed by atoms with van der Waals surface area (Å²) in [4.78, 5) is 31.3. The number of aryl methyl sites for hydroxylation is 1. The monoisotopic (exact) mass is 505 g/mol. The molecule has 1 aliphatic carbocycles. The molecule has 35 heavy (non-hydrogen) atoms. The molecule has 0 spiro atoms. The highest BCUT2D eigenvalue weighted by atomic mass is 32.2. The number of hydrogen-bond donors (Lipinski definition) is 1. The number of nitrogens with zero attached hydrogens (tertiary/aromatic N) is 2. The predicted octanol–water partition coefficient (Wildman–Crippen LogP) is 6.25. The van der Waals surface area contributed by atoms with E-state index in [0.29, 0.717) is 33.5 Å². The molecule has 8 heteroatoms. The minimum Gasteiger partial charge on any atom is -0.462 e. The van der Waals surface area contributed by atoms with Gasteiger partial charge in [0.15, 0.2) is 0 Å². The molecule has 0 bridgehead atoms. The number of esters is 1. The molecule has 3 aromatic rings. The zero-order valence-corrected chi connectivity index (χ0v) is 21.3. The van der Waals surface area contributed by atoms with Crippen molar-refractivity contribution in [1.29, 1.82) is 5.26 Å². The highest BCUT2D eigenvalue weighted by molar-refractivity contribution is 7.99. The summed E-state index contributed by atoms with van der Waals surface area (Å²) >= 11 is 2.88. The molecule has 0 atom stereocenters. The molecular weight excluding hydrogens is 478 g/mol. The third kappa shape index (κ3) is 6.11. The first-order chi connectivity index (χ1) is 17.1. The van der Waals surface area contributed by atoms with Gasteiger partial charge < -0.3 is 10.1 Å². The van der Waals surface area contributed by atoms with Gasteiger partial charge in [-0.15, -0.1) is 23.1 Å². The second-order valence-corrected chi connectivity index (χ2v) is 10.4. The lowest BCUT2D eigenvalue weighted by atomic mass is 10.1. The predicted molar refractivity (Wildman–Crippen MR) is 140 cm³/mol. The van der Waals surface area contributed by atoms with Crippen LogP contribution in [0, 0.1) is 11.3 Å². The molecule has 2 heterocycles. The zero-order valence-electron chi connectivity index (χ0n) is 19.6. The Hall–Kier alpha value is -3.15. The number of nitrogens with one attached hydrogen (secondary N) is 1. The second kappa shape index (κ2) is 12.0. The summed E-state index contributed by atoms with van der Waals surface area (Å²) in [6, 6.07) is 15.6. The Morgan fingerprint density at radius 1 is 1.14 bits per heavy atom. The summed E-state index contributed by atoms with van der Waals surface area (Å²) in [5, 5.41) is 13.6. The number of rotatable bonds is 8. The van der Waals surface area contributed by atoms with Gasteiger partial charge in [-0.25, -0.2) is 9.78 Å². The summed E-state index contributed by atoms with van der Waals surface area (Å²) < 4.78 is 5.30. The van der Waals surface area contributed by atoms with Crippen molar-refractivity contribution in [1.82, 2.24) is 4.98 Å². The molecule has 0 unspecified atom stereocenters. The molecule has 1 aliphatic rings. The number of carbonyl (C=O) groups excluding carboxylic acids is 2. The van der Waals surface area contributed by atoms with E-state index in [4.69, 9.17) is 4.74 Å². The smallest absolute Gasteiger partial charge is 0.341 e. The van der Waals surface area contributed by atoms with Gasteiger partial charge in [0.2, 0.25) is 5.91 Å². The van der Waals surface area contributed by atoms with Crippen molar-refractivity contribution >= 4 is 40.0 Å². The van der Waals surface area contributed by atoms with Gasteiger partial charge in [-0.3, -0.25) is 4.79 Å². The summed E-state index contributed by atoms with van der Waals surface area (Å²) in [5.41, 5.74) is 3.81. The number of ether oxygens (including phenoxy) is 1. The van der Waals surface area contributed by atoms with E-state index in [1.807, 2.05) is 36.4 Å². The molecule has 1 aromatic carbocycles. The summed E-state index contributed by atoms with van der Waals surface area (Å²) in [6.45, 7) is 2.08. The molecule has 0 saturated carbocycles. The average Bonchev–Trinajstić information content (AvgIpc) is 3.04. The van der Waals surface area contributed by atoms with Crippen molar-refractivity contribution < 1.29 is 14.3 Å². The Morgan fingerprint density at radius 2 is 1.94 bits per heavy atom. The van der Waals surface area contributed by atoms with Crippen molar-refractivity contribution in [3.8, 4) is 17.3 Å². The molecule has 0 radical (unpaired) electrons. The van der Waals surface area contributed by atoms with Crippen LogP contribution in [0.4, 0.5) is 5.00 Å². The van der Waals surface area contributed by atoms with E-state index in [9.17, 15) is 14.9 Å². The SMILES string of the molecule is CCOC(=O)c1c(NC(=O)CCSc2nc(-c3ccccc3)ccc2C#N)sc2c1CCCCC2. The molecule has 0 saturated heterocycles. The van der Waals surface area contributed by atoms with Crippen LogP contribution in [0.2, 0.25) is 0 Å². The van der Waals surface area contributed by atoms with Crippen LogP contribution in [0.15, 0.2) is 47.5 Å².